The van der Waals surface area contributed by atoms with Crippen molar-refractivity contribution in [2.45, 2.75) is 25.8 Å². The van der Waals surface area contributed by atoms with Crippen molar-refractivity contribution in [2.75, 3.05) is 5.32 Å². The minimum Gasteiger partial charge on any atom is -0.340 e. The third-order valence-corrected chi connectivity index (χ3v) is 3.26. The van der Waals surface area contributed by atoms with E-state index in [-0.39, 0.29) is 0 Å². The van der Waals surface area contributed by atoms with Crippen molar-refractivity contribution >= 4 is 11.5 Å². The fraction of sp³-hybridized carbons (Fsp3) is 0.286. The van der Waals surface area contributed by atoms with E-state index < -0.39 is 0 Å². The van der Waals surface area contributed by atoms with Crippen molar-refractivity contribution in [3.05, 3.63) is 47.4 Å². The fourth-order valence-electron chi connectivity index (χ4n) is 2.36. The predicted octanol–water partition coefficient (Wildman–Crippen LogP) is 2.17. The van der Waals surface area contributed by atoms with Gasteiger partial charge in [-0.3, -0.25) is 0 Å². The maximum absolute atomic E-state index is 5.53. The van der Waals surface area contributed by atoms with E-state index in [1.165, 1.54) is 30.4 Å². The van der Waals surface area contributed by atoms with Crippen LogP contribution in [-0.2, 0) is 19.4 Å². The zero-order chi connectivity index (χ0) is 12.4. The Kier molecular flexibility index (Phi) is 2.94. The number of aryl methyl sites for hydroxylation is 2. The minimum absolute atomic E-state index is 0.361. The zero-order valence-corrected chi connectivity index (χ0v) is 10.2. The lowest BCUT2D eigenvalue weighted by molar-refractivity contribution is 0.911. The molecule has 92 valence electrons. The molecule has 1 aromatic heterocycles. The number of nitrogens with zero attached hydrogens (tertiary/aromatic N) is 2. The molecule has 0 amide bonds. The van der Waals surface area contributed by atoms with Gasteiger partial charge in [0.2, 0.25) is 0 Å². The van der Waals surface area contributed by atoms with E-state index in [0.29, 0.717) is 12.4 Å². The molecule has 1 aliphatic carbocycles. The summed E-state index contributed by atoms with van der Waals surface area (Å²) in [4.78, 5) is 8.41. The third kappa shape index (κ3) is 2.19. The first kappa shape index (κ1) is 11.2. The maximum Gasteiger partial charge on any atom is 0.144 e. The first-order valence-electron chi connectivity index (χ1n) is 6.26. The van der Waals surface area contributed by atoms with E-state index in [9.17, 15) is 0 Å². The molecule has 3 N–H and O–H groups in total. The molecule has 1 aliphatic rings. The summed E-state index contributed by atoms with van der Waals surface area (Å²) in [7, 11) is 0. The average molecular weight is 240 g/mol. The van der Waals surface area contributed by atoms with Gasteiger partial charge in [-0.2, -0.15) is 0 Å². The van der Waals surface area contributed by atoms with E-state index in [1.54, 1.807) is 6.20 Å². The van der Waals surface area contributed by atoms with Crippen LogP contribution in [0.3, 0.4) is 0 Å². The maximum atomic E-state index is 5.53. The summed E-state index contributed by atoms with van der Waals surface area (Å²) in [5.41, 5.74) is 9.54. The lowest BCUT2D eigenvalue weighted by Gasteiger charge is -2.08. The number of nitrogens with two attached hydrogens (primary N) is 1. The average Bonchev–Trinajstić information content (AvgIpc) is 2.86. The molecular weight excluding hydrogens is 224 g/mol. The molecule has 0 atom stereocenters. The van der Waals surface area contributed by atoms with Crippen LogP contribution >= 0.6 is 0 Å². The number of benzene rings is 1. The Balaban J connectivity index is 1.83. The van der Waals surface area contributed by atoms with Crippen LogP contribution < -0.4 is 11.1 Å². The number of aromatic nitrogens is 2. The van der Waals surface area contributed by atoms with Gasteiger partial charge in [0, 0.05) is 11.9 Å². The number of anilines is 2. The van der Waals surface area contributed by atoms with Crippen LogP contribution in [0.15, 0.2) is 30.5 Å². The fourth-order valence-corrected chi connectivity index (χ4v) is 2.36. The highest BCUT2D eigenvalue weighted by Crippen LogP contribution is 2.26. The quantitative estimate of drug-likeness (QED) is 0.863. The Labute approximate surface area is 106 Å². The van der Waals surface area contributed by atoms with Crippen molar-refractivity contribution in [2.24, 2.45) is 5.73 Å². The van der Waals surface area contributed by atoms with Crippen molar-refractivity contribution in [1.29, 1.82) is 0 Å². The van der Waals surface area contributed by atoms with Gasteiger partial charge in [0.25, 0.3) is 0 Å². The van der Waals surface area contributed by atoms with E-state index in [1.807, 2.05) is 6.07 Å². The summed E-state index contributed by atoms with van der Waals surface area (Å²) in [6, 6.07) is 8.38. The molecule has 1 heterocycles. The molecule has 1 aromatic carbocycles. The molecule has 3 rings (SSSR count). The lowest BCUT2D eigenvalue weighted by Crippen LogP contribution is -2.04. The highest BCUT2D eigenvalue weighted by Gasteiger charge is 2.10. The molecule has 0 unspecified atom stereocenters. The number of nitrogens with one attached hydrogen (secondary N) is 1. The number of hydrogen-bond donors (Lipinski definition) is 2. The molecule has 0 radical (unpaired) electrons. The molecule has 0 fully saturated rings. The summed E-state index contributed by atoms with van der Waals surface area (Å²) in [5.74, 6) is 1.45. The smallest absolute Gasteiger partial charge is 0.144 e. The second-order valence-corrected chi connectivity index (χ2v) is 4.52. The molecule has 0 aliphatic heterocycles. The van der Waals surface area contributed by atoms with Crippen molar-refractivity contribution < 1.29 is 0 Å². The van der Waals surface area contributed by atoms with Crippen LogP contribution in [0.2, 0.25) is 0 Å². The summed E-state index contributed by atoms with van der Waals surface area (Å²) in [6.07, 6.45) is 5.39. The largest absolute Gasteiger partial charge is 0.340 e. The standard InChI is InChI=1S/C14H16N4/c15-9-14-16-7-6-13(18-14)17-12-5-4-10-2-1-3-11(10)8-12/h4-8H,1-3,9,15H2,(H,16,17,18). The van der Waals surface area contributed by atoms with Crippen molar-refractivity contribution in [3.8, 4) is 0 Å². The van der Waals surface area contributed by atoms with E-state index in [4.69, 9.17) is 5.73 Å². The molecular formula is C14H16N4. The molecule has 4 nitrogen and oxygen atoms in total. The first-order valence-corrected chi connectivity index (χ1v) is 6.26. The second kappa shape index (κ2) is 4.74. The van der Waals surface area contributed by atoms with E-state index in [2.05, 4.69) is 33.5 Å². The molecule has 4 heteroatoms. The van der Waals surface area contributed by atoms with Crippen LogP contribution in [0.1, 0.15) is 23.4 Å². The number of fused-ring (bicyclic) bond motifs is 1. The topological polar surface area (TPSA) is 63.8 Å². The van der Waals surface area contributed by atoms with Crippen LogP contribution in [0.4, 0.5) is 11.5 Å². The first-order chi connectivity index (χ1) is 8.85. The van der Waals surface area contributed by atoms with E-state index >= 15 is 0 Å². The van der Waals surface area contributed by atoms with Gasteiger partial charge in [0.15, 0.2) is 0 Å². The predicted molar refractivity (Wildman–Crippen MR) is 71.7 cm³/mol. The summed E-state index contributed by atoms with van der Waals surface area (Å²) >= 11 is 0. The van der Waals surface area contributed by atoms with Gasteiger partial charge in [-0.05, 0) is 48.6 Å². The second-order valence-electron chi connectivity index (χ2n) is 4.52. The van der Waals surface area contributed by atoms with Crippen molar-refractivity contribution in [3.63, 3.8) is 0 Å². The molecule has 0 saturated heterocycles. The lowest BCUT2D eigenvalue weighted by atomic mass is 10.1. The van der Waals surface area contributed by atoms with E-state index in [0.717, 1.165) is 11.5 Å². The molecule has 18 heavy (non-hydrogen) atoms. The van der Waals surface area contributed by atoms with Gasteiger partial charge in [0.05, 0.1) is 6.54 Å². The number of rotatable bonds is 3. The minimum atomic E-state index is 0.361. The van der Waals surface area contributed by atoms with Crippen LogP contribution in [-0.4, -0.2) is 9.97 Å². The Bertz CT molecular complexity index is 565. The molecule has 0 bridgehead atoms. The summed E-state index contributed by atoms with van der Waals surface area (Å²) < 4.78 is 0. The van der Waals surface area contributed by atoms with Crippen LogP contribution in [0.5, 0.6) is 0 Å². The van der Waals surface area contributed by atoms with Gasteiger partial charge < -0.3 is 11.1 Å². The van der Waals surface area contributed by atoms with Gasteiger partial charge in [0.1, 0.15) is 11.6 Å². The third-order valence-electron chi connectivity index (χ3n) is 3.26. The normalized spacial score (nSPS) is 13.4. The Morgan fingerprint density at radius 1 is 1.17 bits per heavy atom. The monoisotopic (exact) mass is 240 g/mol. The van der Waals surface area contributed by atoms with Gasteiger partial charge >= 0.3 is 0 Å². The van der Waals surface area contributed by atoms with Crippen molar-refractivity contribution in [1.82, 2.24) is 9.97 Å². The van der Waals surface area contributed by atoms with Gasteiger partial charge in [-0.25, -0.2) is 9.97 Å². The summed E-state index contributed by atoms with van der Waals surface area (Å²) in [6.45, 7) is 0.361. The molecule has 2 aromatic rings. The SMILES string of the molecule is NCc1nccc(Nc2ccc3c(c2)CCC3)n1. The Morgan fingerprint density at radius 3 is 2.94 bits per heavy atom. The molecule has 0 spiro atoms. The zero-order valence-electron chi connectivity index (χ0n) is 10.2. The Hall–Kier alpha value is -1.94. The number of hydrogen-bond acceptors (Lipinski definition) is 4. The summed E-state index contributed by atoms with van der Waals surface area (Å²) in [5, 5.41) is 3.30. The highest BCUT2D eigenvalue weighted by atomic mass is 15.0. The van der Waals surface area contributed by atoms with Gasteiger partial charge in [-0.1, -0.05) is 6.07 Å². The molecule has 0 saturated carbocycles. The van der Waals surface area contributed by atoms with Gasteiger partial charge in [-0.15, -0.1) is 0 Å². The van der Waals surface area contributed by atoms with Crippen LogP contribution in [0, 0.1) is 0 Å². The Morgan fingerprint density at radius 2 is 2.06 bits per heavy atom. The van der Waals surface area contributed by atoms with Crippen LogP contribution in [0.25, 0.3) is 0 Å². The highest BCUT2D eigenvalue weighted by molar-refractivity contribution is 5.58.